The van der Waals surface area contributed by atoms with Crippen molar-refractivity contribution in [2.24, 2.45) is 0 Å². The highest BCUT2D eigenvalue weighted by Gasteiger charge is 2.35. The lowest BCUT2D eigenvalue weighted by atomic mass is 10.0. The first-order valence-corrected chi connectivity index (χ1v) is 10.6. The maximum Gasteiger partial charge on any atom is 0.320 e. The molecule has 1 fully saturated rings. The molecule has 5 nitrogen and oxygen atoms in total. The molecule has 0 radical (unpaired) electrons. The Morgan fingerprint density at radius 1 is 1.32 bits per heavy atom. The number of carbonyl (C=O) groups excluding carboxylic acids is 2. The number of amides is 3. The molecule has 2 aliphatic rings. The van der Waals surface area contributed by atoms with Gasteiger partial charge in [-0.3, -0.25) is 4.79 Å². The van der Waals surface area contributed by atoms with Crippen LogP contribution in [0.3, 0.4) is 0 Å². The molecule has 1 unspecified atom stereocenters. The molecule has 1 saturated heterocycles. The molecule has 0 saturated carbocycles. The highest BCUT2D eigenvalue weighted by Crippen LogP contribution is 2.26. The fourth-order valence-corrected chi connectivity index (χ4v) is 3.83. The summed E-state index contributed by atoms with van der Waals surface area (Å²) in [4.78, 5) is 24.5. The number of hydrogen-bond donors (Lipinski definition) is 2. The van der Waals surface area contributed by atoms with Gasteiger partial charge in [0.2, 0.25) is 0 Å². The molecule has 0 bridgehead atoms. The Hall–Kier alpha value is -3.18. The average molecular weight is 444 g/mol. The Balaban J connectivity index is 0.000000185. The number of halogens is 2. The number of carbonyl (C=O) groups is 2. The van der Waals surface area contributed by atoms with Gasteiger partial charge in [0, 0.05) is 35.8 Å². The Bertz CT molecular complexity index is 1100. The molecule has 3 heterocycles. The zero-order valence-electron chi connectivity index (χ0n) is 17.5. The zero-order valence-corrected chi connectivity index (χ0v) is 18.3. The number of aryl methyl sites for hydroxylation is 1. The molecule has 4 rings (SSSR count). The van der Waals surface area contributed by atoms with E-state index in [4.69, 9.17) is 0 Å². The van der Waals surface area contributed by atoms with Gasteiger partial charge in [-0.2, -0.15) is 0 Å². The fourth-order valence-electron chi connectivity index (χ4n) is 3.15. The third-order valence-corrected chi connectivity index (χ3v) is 6.03. The predicted molar refractivity (Wildman–Crippen MR) is 117 cm³/mol. The number of alkyl halides is 2. The second-order valence-corrected chi connectivity index (χ2v) is 8.42. The maximum absolute atomic E-state index is 12.4. The van der Waals surface area contributed by atoms with E-state index in [1.807, 2.05) is 13.1 Å². The van der Waals surface area contributed by atoms with Crippen molar-refractivity contribution in [2.45, 2.75) is 38.8 Å². The van der Waals surface area contributed by atoms with Crippen LogP contribution >= 0.6 is 11.3 Å². The Morgan fingerprint density at radius 3 is 2.65 bits per heavy atom. The summed E-state index contributed by atoms with van der Waals surface area (Å²) in [7, 11) is 1.84. The summed E-state index contributed by atoms with van der Waals surface area (Å²) in [6, 6.07) is 7.16. The predicted octanol–water partition coefficient (Wildman–Crippen LogP) is 4.46. The second kappa shape index (κ2) is 8.90. The van der Waals surface area contributed by atoms with Crippen LogP contribution in [-0.4, -0.2) is 29.4 Å². The third-order valence-electron chi connectivity index (χ3n) is 5.09. The molecule has 1 atom stereocenters. The van der Waals surface area contributed by atoms with Crippen molar-refractivity contribution >= 4 is 23.3 Å². The molecule has 2 N–H and O–H groups in total. The molecule has 162 valence electrons. The van der Waals surface area contributed by atoms with Crippen LogP contribution < -0.4 is 10.6 Å². The Kier molecular flexibility index (Phi) is 6.46. The SMILES string of the molecule is C=C1NC(=O)NC1(C)C#Cc1csc(C(F)F)c1.CCc1ccc2c(c1)C(=O)N(C)C2. The van der Waals surface area contributed by atoms with Crippen molar-refractivity contribution in [1.82, 2.24) is 15.5 Å². The molecule has 8 heteroatoms. The van der Waals surface area contributed by atoms with E-state index in [9.17, 15) is 18.4 Å². The first kappa shape index (κ1) is 22.5. The van der Waals surface area contributed by atoms with Crippen LogP contribution in [0.15, 0.2) is 41.9 Å². The fraction of sp³-hybridized carbons (Fsp3) is 0.304. The number of nitrogens with one attached hydrogen (secondary N) is 2. The number of thiophene rings is 1. The normalized spacial score (nSPS) is 19.3. The lowest BCUT2D eigenvalue weighted by Gasteiger charge is -2.15. The molecule has 1 aromatic heterocycles. The van der Waals surface area contributed by atoms with Crippen molar-refractivity contribution in [2.75, 3.05) is 7.05 Å². The monoisotopic (exact) mass is 443 g/mol. The van der Waals surface area contributed by atoms with Crippen LogP contribution in [0.2, 0.25) is 0 Å². The van der Waals surface area contributed by atoms with E-state index in [1.54, 1.807) is 17.2 Å². The van der Waals surface area contributed by atoms with Crippen LogP contribution in [0.4, 0.5) is 13.6 Å². The van der Waals surface area contributed by atoms with Crippen molar-refractivity contribution in [1.29, 1.82) is 0 Å². The van der Waals surface area contributed by atoms with E-state index < -0.39 is 12.0 Å². The molecule has 0 spiro atoms. The highest BCUT2D eigenvalue weighted by atomic mass is 32.1. The van der Waals surface area contributed by atoms with Crippen LogP contribution in [0.1, 0.15) is 52.2 Å². The third kappa shape index (κ3) is 4.94. The minimum atomic E-state index is -2.48. The molecular formula is C23H23F2N3O2S. The standard InChI is InChI=1S/C12H10F2N2OS.C11H13NO/c1-7-12(2,16-11(17)15-7)4-3-8-5-9(10(13)14)18-6-8;1-3-8-4-5-9-7-12(2)11(13)10(9)6-8/h5-6,10H,1H2,2H3,(H2,15,16,17);4-6H,3,7H2,1-2H3. The van der Waals surface area contributed by atoms with Crippen molar-refractivity contribution < 1.29 is 18.4 Å². The first-order valence-electron chi connectivity index (χ1n) is 9.68. The lowest BCUT2D eigenvalue weighted by molar-refractivity contribution is 0.0816. The van der Waals surface area contributed by atoms with Gasteiger partial charge in [0.05, 0.1) is 4.88 Å². The van der Waals surface area contributed by atoms with Crippen LogP contribution in [0.5, 0.6) is 0 Å². The van der Waals surface area contributed by atoms with Gasteiger partial charge in [0.1, 0.15) is 5.54 Å². The van der Waals surface area contributed by atoms with Gasteiger partial charge >= 0.3 is 6.03 Å². The molecule has 1 aromatic carbocycles. The van der Waals surface area contributed by atoms with E-state index >= 15 is 0 Å². The number of rotatable bonds is 2. The zero-order chi connectivity index (χ0) is 22.8. The second-order valence-electron chi connectivity index (χ2n) is 7.48. The molecule has 2 aromatic rings. The number of benzene rings is 1. The van der Waals surface area contributed by atoms with E-state index in [0.29, 0.717) is 11.3 Å². The molecule has 31 heavy (non-hydrogen) atoms. The van der Waals surface area contributed by atoms with E-state index in [1.165, 1.54) is 11.6 Å². The number of fused-ring (bicyclic) bond motifs is 1. The largest absolute Gasteiger partial charge is 0.337 e. The van der Waals surface area contributed by atoms with E-state index in [2.05, 4.69) is 48.1 Å². The highest BCUT2D eigenvalue weighted by molar-refractivity contribution is 7.10. The summed E-state index contributed by atoms with van der Waals surface area (Å²) in [5, 5.41) is 6.67. The summed E-state index contributed by atoms with van der Waals surface area (Å²) < 4.78 is 24.8. The average Bonchev–Trinajstić information content (AvgIpc) is 3.38. The minimum absolute atomic E-state index is 0.0168. The lowest BCUT2D eigenvalue weighted by Crippen LogP contribution is -2.37. The Morgan fingerprint density at radius 2 is 2.06 bits per heavy atom. The van der Waals surface area contributed by atoms with Gasteiger partial charge in [0.25, 0.3) is 12.3 Å². The van der Waals surface area contributed by atoms with Gasteiger partial charge in [-0.1, -0.05) is 37.5 Å². The quantitative estimate of drug-likeness (QED) is 0.674. The van der Waals surface area contributed by atoms with Gasteiger partial charge in [-0.05, 0) is 36.6 Å². The summed E-state index contributed by atoms with van der Waals surface area (Å²) in [5.41, 5.74) is 3.37. The Labute approximate surface area is 184 Å². The van der Waals surface area contributed by atoms with Crippen molar-refractivity contribution in [3.8, 4) is 11.8 Å². The number of hydrogen-bond acceptors (Lipinski definition) is 3. The van der Waals surface area contributed by atoms with Crippen LogP contribution in [0.25, 0.3) is 0 Å². The van der Waals surface area contributed by atoms with E-state index in [0.717, 1.165) is 35.4 Å². The molecule has 0 aliphatic carbocycles. The molecule has 3 amide bonds. The van der Waals surface area contributed by atoms with Crippen molar-refractivity contribution in [3.05, 3.63) is 69.1 Å². The summed E-state index contributed by atoms with van der Waals surface area (Å²) in [5.74, 6) is 5.75. The number of urea groups is 1. The van der Waals surface area contributed by atoms with Gasteiger partial charge in [-0.15, -0.1) is 11.3 Å². The van der Waals surface area contributed by atoms with Crippen LogP contribution in [-0.2, 0) is 13.0 Å². The topological polar surface area (TPSA) is 61.4 Å². The minimum Gasteiger partial charge on any atom is -0.337 e. The van der Waals surface area contributed by atoms with Crippen molar-refractivity contribution in [3.63, 3.8) is 0 Å². The van der Waals surface area contributed by atoms with Gasteiger partial charge < -0.3 is 15.5 Å². The summed E-state index contributed by atoms with van der Waals surface area (Å²) in [6.45, 7) is 8.25. The molecule has 2 aliphatic heterocycles. The summed E-state index contributed by atoms with van der Waals surface area (Å²) >= 11 is 0.962. The van der Waals surface area contributed by atoms with Crippen LogP contribution in [0, 0.1) is 11.8 Å². The van der Waals surface area contributed by atoms with E-state index in [-0.39, 0.29) is 16.8 Å². The number of nitrogens with zero attached hydrogens (tertiary/aromatic N) is 1. The first-order chi connectivity index (χ1) is 14.6. The van der Waals surface area contributed by atoms with Gasteiger partial charge in [-0.25, -0.2) is 13.6 Å². The smallest absolute Gasteiger partial charge is 0.320 e. The summed E-state index contributed by atoms with van der Waals surface area (Å²) in [6.07, 6.45) is -1.49. The maximum atomic E-state index is 12.4. The van der Waals surface area contributed by atoms with Gasteiger partial charge in [0.15, 0.2) is 0 Å². The molecular weight excluding hydrogens is 420 g/mol.